The van der Waals surface area contributed by atoms with Gasteiger partial charge in [-0.25, -0.2) is 8.78 Å². The lowest BCUT2D eigenvalue weighted by Crippen LogP contribution is -2.38. The quantitative estimate of drug-likeness (QED) is 0.481. The Labute approximate surface area is 131 Å². The van der Waals surface area contributed by atoms with E-state index < -0.39 is 5.82 Å². The number of thioether (sulfide) groups is 1. The van der Waals surface area contributed by atoms with Gasteiger partial charge in [-0.15, -0.1) is 11.8 Å². The summed E-state index contributed by atoms with van der Waals surface area (Å²) in [5, 5.41) is 0.0880. The molecule has 112 valence electrons. The molecule has 0 saturated heterocycles. The van der Waals surface area contributed by atoms with E-state index >= 15 is 0 Å². The number of rotatable bonds is 6. The number of halogens is 3. The SMILES string of the molecule is NNC(CSc1ccccc1F)Cc1ccc(F)c(Cl)c1. The van der Waals surface area contributed by atoms with Gasteiger partial charge >= 0.3 is 0 Å². The average molecular weight is 329 g/mol. The normalized spacial score (nSPS) is 12.4. The van der Waals surface area contributed by atoms with Crippen LogP contribution >= 0.6 is 23.4 Å². The van der Waals surface area contributed by atoms with Gasteiger partial charge < -0.3 is 0 Å². The maximum absolute atomic E-state index is 13.5. The van der Waals surface area contributed by atoms with E-state index in [4.69, 9.17) is 17.4 Å². The molecule has 0 bridgehead atoms. The molecule has 2 nitrogen and oxygen atoms in total. The molecule has 1 unspecified atom stereocenters. The molecular weight excluding hydrogens is 314 g/mol. The molecule has 3 N–H and O–H groups in total. The van der Waals surface area contributed by atoms with E-state index in [9.17, 15) is 8.78 Å². The van der Waals surface area contributed by atoms with Crippen LogP contribution in [0.3, 0.4) is 0 Å². The van der Waals surface area contributed by atoms with Gasteiger partial charge in [0, 0.05) is 16.7 Å². The molecule has 0 aliphatic heterocycles. The van der Waals surface area contributed by atoms with Crippen LogP contribution in [0.5, 0.6) is 0 Å². The summed E-state index contributed by atoms with van der Waals surface area (Å²) in [6.07, 6.45) is 0.581. The molecule has 2 aromatic carbocycles. The third kappa shape index (κ3) is 4.68. The van der Waals surface area contributed by atoms with Gasteiger partial charge in [0.25, 0.3) is 0 Å². The molecule has 0 aliphatic rings. The number of hydrogen-bond donors (Lipinski definition) is 2. The molecular formula is C15H15ClF2N2S. The van der Waals surface area contributed by atoms with E-state index in [2.05, 4.69) is 5.43 Å². The Kier molecular flexibility index (Phi) is 5.99. The lowest BCUT2D eigenvalue weighted by Gasteiger charge is -2.16. The van der Waals surface area contributed by atoms with Crippen LogP contribution in [0, 0.1) is 11.6 Å². The second-order valence-electron chi connectivity index (χ2n) is 4.56. The van der Waals surface area contributed by atoms with Crippen LogP contribution in [0.15, 0.2) is 47.4 Å². The molecule has 0 radical (unpaired) electrons. The Hall–Kier alpha value is -1.14. The summed E-state index contributed by atoms with van der Waals surface area (Å²) in [5.74, 6) is 5.42. The molecule has 0 saturated carbocycles. The fourth-order valence-electron chi connectivity index (χ4n) is 1.87. The molecule has 2 aromatic rings. The summed E-state index contributed by atoms with van der Waals surface area (Å²) in [6, 6.07) is 11.1. The van der Waals surface area contributed by atoms with Crippen molar-refractivity contribution in [3.05, 3.63) is 64.7 Å². The van der Waals surface area contributed by atoms with Crippen molar-refractivity contribution in [3.8, 4) is 0 Å². The Morgan fingerprint density at radius 1 is 1.14 bits per heavy atom. The van der Waals surface area contributed by atoms with E-state index in [1.165, 1.54) is 23.9 Å². The number of nitrogens with one attached hydrogen (secondary N) is 1. The van der Waals surface area contributed by atoms with Crippen molar-refractivity contribution in [2.75, 3.05) is 5.75 Å². The van der Waals surface area contributed by atoms with E-state index in [1.807, 2.05) is 0 Å². The Morgan fingerprint density at radius 3 is 2.57 bits per heavy atom. The highest BCUT2D eigenvalue weighted by atomic mass is 35.5. The summed E-state index contributed by atoms with van der Waals surface area (Å²) in [6.45, 7) is 0. The fraction of sp³-hybridized carbons (Fsp3) is 0.200. The first kappa shape index (κ1) is 16.2. The van der Waals surface area contributed by atoms with Crippen molar-refractivity contribution in [1.29, 1.82) is 0 Å². The van der Waals surface area contributed by atoms with Gasteiger partial charge in [0.05, 0.1) is 5.02 Å². The van der Waals surface area contributed by atoms with Crippen LogP contribution < -0.4 is 11.3 Å². The van der Waals surface area contributed by atoms with Crippen molar-refractivity contribution in [3.63, 3.8) is 0 Å². The molecule has 21 heavy (non-hydrogen) atoms. The van der Waals surface area contributed by atoms with Crippen molar-refractivity contribution >= 4 is 23.4 Å². The molecule has 2 rings (SSSR count). The largest absolute Gasteiger partial charge is 0.271 e. The molecule has 0 heterocycles. The zero-order valence-electron chi connectivity index (χ0n) is 11.2. The van der Waals surface area contributed by atoms with Crippen molar-refractivity contribution in [2.24, 2.45) is 5.84 Å². The Morgan fingerprint density at radius 2 is 1.90 bits per heavy atom. The highest BCUT2D eigenvalue weighted by Crippen LogP contribution is 2.23. The van der Waals surface area contributed by atoms with Crippen molar-refractivity contribution < 1.29 is 8.78 Å². The summed E-state index contributed by atoms with van der Waals surface area (Å²) in [5.41, 5.74) is 3.57. The van der Waals surface area contributed by atoms with Gasteiger partial charge in [0.2, 0.25) is 0 Å². The number of benzene rings is 2. The van der Waals surface area contributed by atoms with E-state index in [-0.39, 0.29) is 16.9 Å². The summed E-state index contributed by atoms with van der Waals surface area (Å²) in [4.78, 5) is 0.579. The maximum Gasteiger partial charge on any atom is 0.141 e. The lowest BCUT2D eigenvalue weighted by molar-refractivity contribution is 0.571. The van der Waals surface area contributed by atoms with Gasteiger partial charge in [0.1, 0.15) is 11.6 Å². The molecule has 6 heteroatoms. The molecule has 0 fully saturated rings. The van der Waals surface area contributed by atoms with E-state index in [0.717, 1.165) is 5.56 Å². The van der Waals surface area contributed by atoms with Gasteiger partial charge in [-0.2, -0.15) is 0 Å². The van der Waals surface area contributed by atoms with Gasteiger partial charge in [-0.05, 0) is 36.2 Å². The lowest BCUT2D eigenvalue weighted by atomic mass is 10.1. The third-order valence-electron chi connectivity index (χ3n) is 2.98. The monoisotopic (exact) mass is 328 g/mol. The first-order chi connectivity index (χ1) is 10.1. The zero-order valence-corrected chi connectivity index (χ0v) is 12.7. The predicted molar refractivity (Wildman–Crippen MR) is 83.3 cm³/mol. The van der Waals surface area contributed by atoms with Crippen LogP contribution in [-0.2, 0) is 6.42 Å². The van der Waals surface area contributed by atoms with Crippen LogP contribution in [0.25, 0.3) is 0 Å². The number of hydrogen-bond acceptors (Lipinski definition) is 3. The first-order valence-electron chi connectivity index (χ1n) is 6.37. The van der Waals surface area contributed by atoms with Gasteiger partial charge in [0.15, 0.2) is 0 Å². The highest BCUT2D eigenvalue weighted by Gasteiger charge is 2.11. The average Bonchev–Trinajstić information content (AvgIpc) is 2.48. The van der Waals surface area contributed by atoms with Gasteiger partial charge in [-0.3, -0.25) is 11.3 Å². The minimum atomic E-state index is -0.446. The maximum atomic E-state index is 13.5. The second kappa shape index (κ2) is 7.75. The van der Waals surface area contributed by atoms with Crippen molar-refractivity contribution in [2.45, 2.75) is 17.4 Å². The minimum absolute atomic E-state index is 0.0730. The predicted octanol–water partition coefficient (Wildman–Crippen LogP) is 3.78. The molecule has 0 aliphatic carbocycles. The summed E-state index contributed by atoms with van der Waals surface area (Å²) in [7, 11) is 0. The van der Waals surface area contributed by atoms with Crippen LogP contribution in [0.4, 0.5) is 8.78 Å². The number of nitrogens with two attached hydrogens (primary N) is 1. The van der Waals surface area contributed by atoms with Crippen molar-refractivity contribution in [1.82, 2.24) is 5.43 Å². The molecule has 1 atom stereocenters. The molecule has 0 aromatic heterocycles. The third-order valence-corrected chi connectivity index (χ3v) is 4.48. The van der Waals surface area contributed by atoms with E-state index in [1.54, 1.807) is 30.3 Å². The zero-order chi connectivity index (χ0) is 15.2. The second-order valence-corrected chi connectivity index (χ2v) is 6.03. The standard InChI is InChI=1S/C15H15ClF2N2S/c16-12-8-10(5-6-13(12)17)7-11(20-19)9-21-15-4-2-1-3-14(15)18/h1-6,8,11,20H,7,9,19H2. The van der Waals surface area contributed by atoms with Crippen LogP contribution in [0.2, 0.25) is 5.02 Å². The smallest absolute Gasteiger partial charge is 0.141 e. The van der Waals surface area contributed by atoms with Gasteiger partial charge in [-0.1, -0.05) is 29.8 Å². The summed E-state index contributed by atoms with van der Waals surface area (Å²) >= 11 is 7.13. The topological polar surface area (TPSA) is 38.0 Å². The van der Waals surface area contributed by atoms with Crippen LogP contribution in [-0.4, -0.2) is 11.8 Å². The first-order valence-corrected chi connectivity index (χ1v) is 7.74. The molecule has 0 amide bonds. The summed E-state index contributed by atoms with van der Waals surface area (Å²) < 4.78 is 26.7. The Balaban J connectivity index is 1.97. The Bertz CT molecular complexity index is 610. The van der Waals surface area contributed by atoms with E-state index in [0.29, 0.717) is 17.1 Å². The minimum Gasteiger partial charge on any atom is -0.271 e. The highest BCUT2D eigenvalue weighted by molar-refractivity contribution is 7.99. The molecule has 0 spiro atoms. The number of hydrazine groups is 1. The van der Waals surface area contributed by atoms with Crippen LogP contribution in [0.1, 0.15) is 5.56 Å². The fourth-order valence-corrected chi connectivity index (χ4v) is 3.05.